The quantitative estimate of drug-likeness (QED) is 0.300. The summed E-state index contributed by atoms with van der Waals surface area (Å²) in [5.41, 5.74) is 4.84. The molecule has 0 saturated heterocycles. The first-order valence-electron chi connectivity index (χ1n) is 10.9. The number of pyridine rings is 1. The van der Waals surface area contributed by atoms with Crippen LogP contribution in [-0.2, 0) is 6.54 Å². The molecule has 0 aliphatic heterocycles. The summed E-state index contributed by atoms with van der Waals surface area (Å²) in [6.45, 7) is 0.120. The molecular formula is C28H23N3O3. The van der Waals surface area contributed by atoms with Gasteiger partial charge in [0.15, 0.2) is 11.4 Å². The third kappa shape index (κ3) is 4.13. The van der Waals surface area contributed by atoms with Crippen LogP contribution < -0.4 is 9.47 Å². The maximum absolute atomic E-state index is 13.3. The normalized spacial score (nSPS) is 10.9. The van der Waals surface area contributed by atoms with Gasteiger partial charge < -0.3 is 14.0 Å². The predicted molar refractivity (Wildman–Crippen MR) is 132 cm³/mol. The summed E-state index contributed by atoms with van der Waals surface area (Å²) in [5, 5.41) is 0. The van der Waals surface area contributed by atoms with E-state index < -0.39 is 0 Å². The van der Waals surface area contributed by atoms with Crippen molar-refractivity contribution in [2.24, 2.45) is 0 Å². The SMILES string of the molecule is COc1ccc(C(=O)Cn2c(-c3cccc(OC)c3)nc3ncc(-c4ccccc4)cc32)cc1. The van der Waals surface area contributed by atoms with Gasteiger partial charge in [-0.1, -0.05) is 42.5 Å². The third-order valence-corrected chi connectivity index (χ3v) is 5.75. The van der Waals surface area contributed by atoms with E-state index in [1.807, 2.05) is 71.4 Å². The Morgan fingerprint density at radius 3 is 2.26 bits per heavy atom. The Bertz CT molecular complexity index is 1460. The van der Waals surface area contributed by atoms with E-state index >= 15 is 0 Å². The van der Waals surface area contributed by atoms with Gasteiger partial charge in [-0.15, -0.1) is 0 Å². The van der Waals surface area contributed by atoms with Crippen molar-refractivity contribution in [3.63, 3.8) is 0 Å². The summed E-state index contributed by atoms with van der Waals surface area (Å²) in [4.78, 5) is 22.7. The topological polar surface area (TPSA) is 66.2 Å². The molecule has 34 heavy (non-hydrogen) atoms. The lowest BCUT2D eigenvalue weighted by Crippen LogP contribution is -2.11. The summed E-state index contributed by atoms with van der Waals surface area (Å²) in [7, 11) is 3.23. The van der Waals surface area contributed by atoms with E-state index in [0.29, 0.717) is 22.8 Å². The predicted octanol–water partition coefficient (Wildman–Crippen LogP) is 5.67. The third-order valence-electron chi connectivity index (χ3n) is 5.75. The average Bonchev–Trinajstić information content (AvgIpc) is 3.26. The molecule has 2 heterocycles. The average molecular weight is 450 g/mol. The minimum Gasteiger partial charge on any atom is -0.497 e. The molecule has 0 atom stereocenters. The fraction of sp³-hybridized carbons (Fsp3) is 0.107. The number of ether oxygens (including phenoxy) is 2. The Labute approximate surface area is 197 Å². The van der Waals surface area contributed by atoms with E-state index in [9.17, 15) is 4.79 Å². The maximum atomic E-state index is 13.3. The van der Waals surface area contributed by atoms with Gasteiger partial charge in [0.25, 0.3) is 0 Å². The number of hydrogen-bond donors (Lipinski definition) is 0. The number of methoxy groups -OCH3 is 2. The smallest absolute Gasteiger partial charge is 0.182 e. The molecule has 0 bridgehead atoms. The number of Topliss-reactive ketones (excluding diaryl/α,β-unsaturated/α-hetero) is 1. The molecule has 0 amide bonds. The lowest BCUT2D eigenvalue weighted by Gasteiger charge is -2.11. The van der Waals surface area contributed by atoms with Crippen molar-refractivity contribution < 1.29 is 14.3 Å². The van der Waals surface area contributed by atoms with Gasteiger partial charge in [-0.25, -0.2) is 9.97 Å². The van der Waals surface area contributed by atoms with Crippen LogP contribution in [0.4, 0.5) is 0 Å². The van der Waals surface area contributed by atoms with E-state index in [0.717, 1.165) is 28.0 Å². The van der Waals surface area contributed by atoms with Crippen molar-refractivity contribution in [1.82, 2.24) is 14.5 Å². The number of benzene rings is 3. The fourth-order valence-electron chi connectivity index (χ4n) is 3.95. The highest BCUT2D eigenvalue weighted by Gasteiger charge is 2.18. The van der Waals surface area contributed by atoms with Crippen molar-refractivity contribution in [1.29, 1.82) is 0 Å². The fourth-order valence-corrected chi connectivity index (χ4v) is 3.95. The van der Waals surface area contributed by atoms with Crippen LogP contribution in [0.3, 0.4) is 0 Å². The van der Waals surface area contributed by atoms with Crippen LogP contribution in [0.15, 0.2) is 91.1 Å². The van der Waals surface area contributed by atoms with Gasteiger partial charge in [0.2, 0.25) is 0 Å². The number of hydrogen-bond acceptors (Lipinski definition) is 5. The first kappa shape index (κ1) is 21.4. The highest BCUT2D eigenvalue weighted by atomic mass is 16.5. The van der Waals surface area contributed by atoms with Crippen molar-refractivity contribution in [2.45, 2.75) is 6.54 Å². The lowest BCUT2D eigenvalue weighted by molar-refractivity contribution is 0.0974. The summed E-state index contributed by atoms with van der Waals surface area (Å²) >= 11 is 0. The van der Waals surface area contributed by atoms with Gasteiger partial charge in [-0.2, -0.15) is 0 Å². The Morgan fingerprint density at radius 1 is 0.794 bits per heavy atom. The van der Waals surface area contributed by atoms with Crippen molar-refractivity contribution >= 4 is 16.9 Å². The number of aromatic nitrogens is 3. The summed E-state index contributed by atoms with van der Waals surface area (Å²) in [5.74, 6) is 2.05. The molecule has 0 aliphatic carbocycles. The van der Waals surface area contributed by atoms with Gasteiger partial charge in [0.05, 0.1) is 26.3 Å². The summed E-state index contributed by atoms with van der Waals surface area (Å²) in [6, 6.07) is 26.9. The Morgan fingerprint density at radius 2 is 1.53 bits per heavy atom. The van der Waals surface area contributed by atoms with Gasteiger partial charge in [-0.05, 0) is 48.0 Å². The monoisotopic (exact) mass is 449 g/mol. The Kier molecular flexibility index (Phi) is 5.79. The lowest BCUT2D eigenvalue weighted by atomic mass is 10.1. The molecular weight excluding hydrogens is 426 g/mol. The first-order valence-corrected chi connectivity index (χ1v) is 10.9. The van der Waals surface area contributed by atoms with Crippen LogP contribution >= 0.6 is 0 Å². The first-order chi connectivity index (χ1) is 16.7. The molecule has 5 rings (SSSR count). The number of nitrogens with zero attached hydrogens (tertiary/aromatic N) is 3. The van der Waals surface area contributed by atoms with Crippen molar-refractivity contribution in [3.8, 4) is 34.0 Å². The molecule has 6 nitrogen and oxygen atoms in total. The Balaban J connectivity index is 1.64. The number of carbonyl (C=O) groups is 1. The minimum atomic E-state index is -0.0313. The molecule has 3 aromatic carbocycles. The highest BCUT2D eigenvalue weighted by molar-refractivity contribution is 5.97. The molecule has 0 N–H and O–H groups in total. The zero-order valence-electron chi connectivity index (χ0n) is 18.9. The second-order valence-electron chi connectivity index (χ2n) is 7.84. The molecule has 2 aromatic heterocycles. The maximum Gasteiger partial charge on any atom is 0.182 e. The van der Waals surface area contributed by atoms with E-state index in [1.165, 1.54) is 0 Å². The molecule has 6 heteroatoms. The molecule has 0 spiro atoms. The molecule has 168 valence electrons. The van der Waals surface area contributed by atoms with Gasteiger partial charge in [-0.3, -0.25) is 4.79 Å². The van der Waals surface area contributed by atoms with Gasteiger partial charge in [0.1, 0.15) is 17.3 Å². The van der Waals surface area contributed by atoms with E-state index in [4.69, 9.17) is 14.5 Å². The van der Waals surface area contributed by atoms with Gasteiger partial charge in [0, 0.05) is 22.9 Å². The minimum absolute atomic E-state index is 0.0313. The zero-order valence-corrected chi connectivity index (χ0v) is 18.9. The molecule has 0 saturated carbocycles. The van der Waals surface area contributed by atoms with E-state index in [1.54, 1.807) is 38.5 Å². The van der Waals surface area contributed by atoms with Crippen LogP contribution in [0.5, 0.6) is 11.5 Å². The van der Waals surface area contributed by atoms with Crippen molar-refractivity contribution in [3.05, 3.63) is 96.7 Å². The van der Waals surface area contributed by atoms with Crippen LogP contribution in [0.1, 0.15) is 10.4 Å². The van der Waals surface area contributed by atoms with Crippen LogP contribution in [-0.4, -0.2) is 34.5 Å². The van der Waals surface area contributed by atoms with Crippen LogP contribution in [0.25, 0.3) is 33.7 Å². The number of imidazole rings is 1. The zero-order chi connectivity index (χ0) is 23.5. The molecule has 0 aliphatic rings. The molecule has 0 unspecified atom stereocenters. The largest absolute Gasteiger partial charge is 0.497 e. The number of carbonyl (C=O) groups excluding carboxylic acids is 1. The van der Waals surface area contributed by atoms with Gasteiger partial charge >= 0.3 is 0 Å². The van der Waals surface area contributed by atoms with E-state index in [2.05, 4.69) is 4.98 Å². The summed E-state index contributed by atoms with van der Waals surface area (Å²) < 4.78 is 12.6. The van der Waals surface area contributed by atoms with E-state index in [-0.39, 0.29) is 12.3 Å². The van der Waals surface area contributed by atoms with Crippen LogP contribution in [0.2, 0.25) is 0 Å². The summed E-state index contributed by atoms with van der Waals surface area (Å²) in [6.07, 6.45) is 1.82. The molecule has 5 aromatic rings. The number of rotatable bonds is 7. The highest BCUT2D eigenvalue weighted by Crippen LogP contribution is 2.30. The van der Waals surface area contributed by atoms with Crippen LogP contribution in [0, 0.1) is 0 Å². The second kappa shape index (κ2) is 9.19. The molecule has 0 radical (unpaired) electrons. The standard InChI is InChI=1S/C28H23N3O3/c1-33-23-13-11-20(12-14-23)26(32)18-31-25-16-22(19-7-4-3-5-8-19)17-29-27(25)30-28(31)21-9-6-10-24(15-21)34-2/h3-17H,18H2,1-2H3. The van der Waals surface area contributed by atoms with Crippen molar-refractivity contribution in [2.75, 3.05) is 14.2 Å². The number of fused-ring (bicyclic) bond motifs is 1. The number of ketones is 1. The molecule has 0 fully saturated rings. The second-order valence-corrected chi connectivity index (χ2v) is 7.84. The Hall–Kier alpha value is -4.45.